The molecule has 106 valence electrons. The molecule has 0 atom stereocenters. The number of nitrogens with zero attached hydrogens (tertiary/aromatic N) is 1. The van der Waals surface area contributed by atoms with Crippen LogP contribution in [0.25, 0.3) is 0 Å². The number of benzene rings is 2. The lowest BCUT2D eigenvalue weighted by Gasteiger charge is -2.15. The van der Waals surface area contributed by atoms with Gasteiger partial charge >= 0.3 is 0 Å². The van der Waals surface area contributed by atoms with Gasteiger partial charge in [-0.05, 0) is 56.1 Å². The summed E-state index contributed by atoms with van der Waals surface area (Å²) in [7, 11) is 5.77. The predicted molar refractivity (Wildman–Crippen MR) is 82.6 cm³/mol. The molecule has 2 rings (SSSR count). The molecule has 2 aromatic carbocycles. The molecule has 0 aliphatic rings. The monoisotopic (exact) mass is 289 g/mol. The second-order valence-electron chi connectivity index (χ2n) is 4.81. The largest absolute Gasteiger partial charge is 0.508 e. The highest BCUT2D eigenvalue weighted by molar-refractivity contribution is 7.99. The standard InChI is InChI=1S/C16H19NO2S/c1-17(2)11-12-9-14(19-3)7-8-16(12)20-15-6-4-5-13(18)10-15/h4-10,18H,11H2,1-3H3. The minimum Gasteiger partial charge on any atom is -0.508 e. The Hall–Kier alpha value is -1.65. The summed E-state index contributed by atoms with van der Waals surface area (Å²) in [5.41, 5.74) is 1.21. The van der Waals surface area contributed by atoms with Gasteiger partial charge in [0.15, 0.2) is 0 Å². The molecule has 0 aliphatic carbocycles. The van der Waals surface area contributed by atoms with Gasteiger partial charge in [-0.15, -0.1) is 0 Å². The molecule has 0 unspecified atom stereocenters. The number of phenols is 1. The third kappa shape index (κ3) is 3.92. The third-order valence-electron chi connectivity index (χ3n) is 2.80. The van der Waals surface area contributed by atoms with E-state index >= 15 is 0 Å². The second-order valence-corrected chi connectivity index (χ2v) is 5.93. The van der Waals surface area contributed by atoms with Crippen LogP contribution in [0.5, 0.6) is 11.5 Å². The first-order chi connectivity index (χ1) is 9.58. The lowest BCUT2D eigenvalue weighted by Crippen LogP contribution is -2.11. The zero-order valence-electron chi connectivity index (χ0n) is 12.0. The minimum absolute atomic E-state index is 0.290. The van der Waals surface area contributed by atoms with Crippen LogP contribution in [0.2, 0.25) is 0 Å². The van der Waals surface area contributed by atoms with Gasteiger partial charge in [0.25, 0.3) is 0 Å². The normalized spacial score (nSPS) is 10.8. The van der Waals surface area contributed by atoms with Crippen LogP contribution >= 0.6 is 11.8 Å². The zero-order chi connectivity index (χ0) is 14.5. The van der Waals surface area contributed by atoms with Crippen molar-refractivity contribution in [2.75, 3.05) is 21.2 Å². The number of hydrogen-bond donors (Lipinski definition) is 1. The van der Waals surface area contributed by atoms with Crippen LogP contribution in [0, 0.1) is 0 Å². The van der Waals surface area contributed by atoms with Crippen molar-refractivity contribution in [3.8, 4) is 11.5 Å². The van der Waals surface area contributed by atoms with Crippen molar-refractivity contribution in [3.05, 3.63) is 48.0 Å². The SMILES string of the molecule is COc1ccc(Sc2cccc(O)c2)c(CN(C)C)c1. The number of hydrogen-bond acceptors (Lipinski definition) is 4. The summed E-state index contributed by atoms with van der Waals surface area (Å²) in [6.07, 6.45) is 0. The summed E-state index contributed by atoms with van der Waals surface area (Å²) in [6, 6.07) is 13.4. The van der Waals surface area contributed by atoms with Crippen LogP contribution in [0.1, 0.15) is 5.56 Å². The lowest BCUT2D eigenvalue weighted by molar-refractivity contribution is 0.392. The predicted octanol–water partition coefficient (Wildman–Crippen LogP) is 3.61. The van der Waals surface area contributed by atoms with Gasteiger partial charge < -0.3 is 14.7 Å². The van der Waals surface area contributed by atoms with Crippen LogP contribution in [-0.2, 0) is 6.54 Å². The first kappa shape index (κ1) is 14.8. The van der Waals surface area contributed by atoms with Crippen molar-refractivity contribution >= 4 is 11.8 Å². The van der Waals surface area contributed by atoms with E-state index in [0.29, 0.717) is 0 Å². The van der Waals surface area contributed by atoms with E-state index in [0.717, 1.165) is 17.2 Å². The molecular formula is C16H19NO2S. The third-order valence-corrected chi connectivity index (χ3v) is 3.91. The van der Waals surface area contributed by atoms with Crippen LogP contribution in [0.3, 0.4) is 0 Å². The van der Waals surface area contributed by atoms with Gasteiger partial charge in [0.05, 0.1) is 7.11 Å². The molecule has 2 aromatic rings. The zero-order valence-corrected chi connectivity index (χ0v) is 12.8. The maximum absolute atomic E-state index is 9.55. The van der Waals surface area contributed by atoms with E-state index in [-0.39, 0.29) is 5.75 Å². The topological polar surface area (TPSA) is 32.7 Å². The summed E-state index contributed by atoms with van der Waals surface area (Å²) in [6.45, 7) is 0.846. The van der Waals surface area contributed by atoms with Gasteiger partial charge in [0, 0.05) is 16.3 Å². The molecule has 1 N–H and O–H groups in total. The van der Waals surface area contributed by atoms with E-state index in [4.69, 9.17) is 4.74 Å². The average Bonchev–Trinajstić information content (AvgIpc) is 2.40. The van der Waals surface area contributed by atoms with Crippen molar-refractivity contribution < 1.29 is 9.84 Å². The fraction of sp³-hybridized carbons (Fsp3) is 0.250. The summed E-state index contributed by atoms with van der Waals surface area (Å²) in [4.78, 5) is 4.32. The smallest absolute Gasteiger partial charge is 0.119 e. The molecule has 3 nitrogen and oxygen atoms in total. The second kappa shape index (κ2) is 6.68. The summed E-state index contributed by atoms with van der Waals surface area (Å²) < 4.78 is 5.29. The Kier molecular flexibility index (Phi) is 4.93. The van der Waals surface area contributed by atoms with Gasteiger partial charge in [0.2, 0.25) is 0 Å². The fourth-order valence-electron chi connectivity index (χ4n) is 1.92. The Morgan fingerprint density at radius 1 is 1.15 bits per heavy atom. The van der Waals surface area contributed by atoms with Crippen LogP contribution < -0.4 is 4.74 Å². The van der Waals surface area contributed by atoms with E-state index in [1.807, 2.05) is 32.3 Å². The summed E-state index contributed by atoms with van der Waals surface area (Å²) in [5, 5.41) is 9.55. The average molecular weight is 289 g/mol. The Morgan fingerprint density at radius 3 is 2.60 bits per heavy atom. The maximum Gasteiger partial charge on any atom is 0.119 e. The number of rotatable bonds is 5. The number of ether oxygens (including phenoxy) is 1. The Bertz CT molecular complexity index is 584. The van der Waals surface area contributed by atoms with Gasteiger partial charge in [-0.1, -0.05) is 17.8 Å². The summed E-state index contributed by atoms with van der Waals surface area (Å²) >= 11 is 1.65. The Labute approximate surface area is 124 Å². The van der Waals surface area contributed by atoms with Crippen LogP contribution in [0.4, 0.5) is 0 Å². The van der Waals surface area contributed by atoms with Gasteiger partial charge in [0.1, 0.15) is 11.5 Å². The molecule has 0 radical (unpaired) electrons. The molecule has 0 saturated carbocycles. The Morgan fingerprint density at radius 2 is 1.95 bits per heavy atom. The van der Waals surface area contributed by atoms with E-state index < -0.39 is 0 Å². The highest BCUT2D eigenvalue weighted by Crippen LogP contribution is 2.34. The first-order valence-corrected chi connectivity index (χ1v) is 7.18. The van der Waals surface area contributed by atoms with E-state index in [2.05, 4.69) is 17.0 Å². The quantitative estimate of drug-likeness (QED) is 0.911. The molecule has 0 fully saturated rings. The molecule has 0 aliphatic heterocycles. The molecule has 0 aromatic heterocycles. The van der Waals surface area contributed by atoms with Crippen molar-refractivity contribution in [3.63, 3.8) is 0 Å². The number of methoxy groups -OCH3 is 1. The van der Waals surface area contributed by atoms with Crippen molar-refractivity contribution in [1.29, 1.82) is 0 Å². The van der Waals surface area contributed by atoms with Gasteiger partial charge in [-0.3, -0.25) is 0 Å². The van der Waals surface area contributed by atoms with E-state index in [1.165, 1.54) is 10.5 Å². The van der Waals surface area contributed by atoms with Crippen molar-refractivity contribution in [2.24, 2.45) is 0 Å². The maximum atomic E-state index is 9.55. The summed E-state index contributed by atoms with van der Waals surface area (Å²) in [5.74, 6) is 1.15. The molecule has 4 heteroatoms. The fourth-order valence-corrected chi connectivity index (χ4v) is 2.89. The molecule has 20 heavy (non-hydrogen) atoms. The van der Waals surface area contributed by atoms with E-state index in [1.54, 1.807) is 31.0 Å². The minimum atomic E-state index is 0.290. The van der Waals surface area contributed by atoms with Crippen LogP contribution in [0.15, 0.2) is 52.3 Å². The molecular weight excluding hydrogens is 270 g/mol. The molecule has 0 spiro atoms. The van der Waals surface area contributed by atoms with Crippen molar-refractivity contribution in [2.45, 2.75) is 16.3 Å². The van der Waals surface area contributed by atoms with Crippen LogP contribution in [-0.4, -0.2) is 31.2 Å². The first-order valence-electron chi connectivity index (χ1n) is 6.37. The van der Waals surface area contributed by atoms with E-state index in [9.17, 15) is 5.11 Å². The highest BCUT2D eigenvalue weighted by atomic mass is 32.2. The molecule has 0 amide bonds. The molecule has 0 saturated heterocycles. The van der Waals surface area contributed by atoms with Gasteiger partial charge in [-0.2, -0.15) is 0 Å². The Balaban J connectivity index is 2.30. The lowest BCUT2D eigenvalue weighted by atomic mass is 10.2. The molecule has 0 bridgehead atoms. The highest BCUT2D eigenvalue weighted by Gasteiger charge is 2.08. The number of aromatic hydroxyl groups is 1. The molecule has 0 heterocycles. The van der Waals surface area contributed by atoms with Crippen molar-refractivity contribution in [1.82, 2.24) is 4.90 Å². The number of phenolic OH excluding ortho intramolecular Hbond substituents is 1. The van der Waals surface area contributed by atoms with Gasteiger partial charge in [-0.25, -0.2) is 0 Å².